The highest BCUT2D eigenvalue weighted by Crippen LogP contribution is 2.27. The maximum atomic E-state index is 10.6. The lowest BCUT2D eigenvalue weighted by Crippen LogP contribution is -2.16. The van der Waals surface area contributed by atoms with Gasteiger partial charge in [-0.05, 0) is 0 Å². The number of methoxy groups -OCH3 is 2. The molecule has 0 fully saturated rings. The normalized spacial score (nSPS) is 11.9. The number of pyridine rings is 1. The summed E-state index contributed by atoms with van der Waals surface area (Å²) in [6.45, 7) is 0. The van der Waals surface area contributed by atoms with Gasteiger partial charge in [-0.3, -0.25) is 4.79 Å². The number of aliphatic carboxylic acids is 1. The van der Waals surface area contributed by atoms with Gasteiger partial charge in [-0.2, -0.15) is 0 Å². The second-order valence-corrected chi connectivity index (χ2v) is 3.17. The molecule has 0 radical (unpaired) electrons. The van der Waals surface area contributed by atoms with Gasteiger partial charge in [0.2, 0.25) is 5.88 Å². The van der Waals surface area contributed by atoms with E-state index in [9.17, 15) is 4.79 Å². The van der Waals surface area contributed by atoms with Crippen molar-refractivity contribution in [3.05, 3.63) is 17.8 Å². The van der Waals surface area contributed by atoms with Gasteiger partial charge in [-0.25, -0.2) is 4.98 Å². The minimum atomic E-state index is -0.967. The summed E-state index contributed by atoms with van der Waals surface area (Å²) in [5, 5.41) is 8.67. The quantitative estimate of drug-likeness (QED) is 0.762. The predicted molar refractivity (Wildman–Crippen MR) is 56.5 cm³/mol. The zero-order valence-corrected chi connectivity index (χ0v) is 9.14. The lowest BCUT2D eigenvalue weighted by Gasteiger charge is -2.14. The molecule has 0 aliphatic carbocycles. The van der Waals surface area contributed by atoms with Crippen LogP contribution in [-0.4, -0.2) is 30.3 Å². The molecule has 6 nitrogen and oxygen atoms in total. The molecule has 1 heterocycles. The number of carboxylic acid groups (broad SMARTS) is 1. The van der Waals surface area contributed by atoms with E-state index in [1.54, 1.807) is 6.07 Å². The fourth-order valence-electron chi connectivity index (χ4n) is 1.31. The Bertz CT molecular complexity index is 381. The van der Waals surface area contributed by atoms with E-state index in [-0.39, 0.29) is 6.42 Å². The minimum Gasteiger partial charge on any atom is -0.495 e. The van der Waals surface area contributed by atoms with Gasteiger partial charge in [0.1, 0.15) is 5.75 Å². The van der Waals surface area contributed by atoms with Crippen molar-refractivity contribution in [3.63, 3.8) is 0 Å². The lowest BCUT2D eigenvalue weighted by molar-refractivity contribution is -0.137. The van der Waals surface area contributed by atoms with E-state index in [0.717, 1.165) is 0 Å². The lowest BCUT2D eigenvalue weighted by atomic mass is 10.1. The first kappa shape index (κ1) is 12.3. The van der Waals surface area contributed by atoms with E-state index in [0.29, 0.717) is 17.2 Å². The Kier molecular flexibility index (Phi) is 4.07. The summed E-state index contributed by atoms with van der Waals surface area (Å²) in [5.41, 5.74) is 6.32. The molecular formula is C10H14N2O4. The van der Waals surface area contributed by atoms with Crippen LogP contribution in [0.2, 0.25) is 0 Å². The highest BCUT2D eigenvalue weighted by molar-refractivity contribution is 5.68. The number of ether oxygens (including phenoxy) is 2. The fraction of sp³-hybridized carbons (Fsp3) is 0.400. The van der Waals surface area contributed by atoms with Crippen molar-refractivity contribution in [2.24, 2.45) is 5.73 Å². The summed E-state index contributed by atoms with van der Waals surface area (Å²) >= 11 is 0. The van der Waals surface area contributed by atoms with Crippen molar-refractivity contribution >= 4 is 5.97 Å². The molecule has 0 aromatic carbocycles. The van der Waals surface area contributed by atoms with E-state index in [2.05, 4.69) is 4.98 Å². The van der Waals surface area contributed by atoms with E-state index < -0.39 is 12.0 Å². The van der Waals surface area contributed by atoms with Crippen LogP contribution in [0.1, 0.15) is 18.0 Å². The van der Waals surface area contributed by atoms with Crippen LogP contribution in [0.4, 0.5) is 0 Å². The molecule has 1 rings (SSSR count). The van der Waals surface area contributed by atoms with Gasteiger partial charge < -0.3 is 20.3 Å². The Morgan fingerprint density at radius 1 is 1.56 bits per heavy atom. The molecular weight excluding hydrogens is 212 g/mol. The van der Waals surface area contributed by atoms with Crippen LogP contribution in [0, 0.1) is 0 Å². The number of carboxylic acids is 1. The summed E-state index contributed by atoms with van der Waals surface area (Å²) in [4.78, 5) is 14.5. The molecule has 1 unspecified atom stereocenters. The molecule has 0 bridgehead atoms. The smallest absolute Gasteiger partial charge is 0.305 e. The number of rotatable bonds is 5. The molecule has 88 valence electrons. The topological polar surface area (TPSA) is 94.7 Å². The van der Waals surface area contributed by atoms with Crippen molar-refractivity contribution in [2.45, 2.75) is 12.5 Å². The number of nitrogens with zero attached hydrogens (tertiary/aromatic N) is 1. The Balaban J connectivity index is 3.02. The number of hydrogen-bond acceptors (Lipinski definition) is 5. The molecule has 0 saturated carbocycles. The van der Waals surface area contributed by atoms with Crippen LogP contribution in [0.3, 0.4) is 0 Å². The first-order valence-electron chi connectivity index (χ1n) is 4.63. The summed E-state index contributed by atoms with van der Waals surface area (Å²) in [7, 11) is 2.95. The molecule has 0 aliphatic heterocycles. The zero-order chi connectivity index (χ0) is 12.1. The second-order valence-electron chi connectivity index (χ2n) is 3.17. The molecule has 1 atom stereocenters. The fourth-order valence-corrected chi connectivity index (χ4v) is 1.31. The summed E-state index contributed by atoms with van der Waals surface area (Å²) in [6.07, 6.45) is 1.28. The molecule has 6 heteroatoms. The van der Waals surface area contributed by atoms with Crippen LogP contribution < -0.4 is 15.2 Å². The van der Waals surface area contributed by atoms with Gasteiger partial charge in [-0.15, -0.1) is 0 Å². The second kappa shape index (κ2) is 5.32. The number of carbonyl (C=O) groups is 1. The van der Waals surface area contributed by atoms with Gasteiger partial charge in [0, 0.05) is 17.7 Å². The highest BCUT2D eigenvalue weighted by Gasteiger charge is 2.16. The maximum absolute atomic E-state index is 10.6. The van der Waals surface area contributed by atoms with E-state index in [1.165, 1.54) is 20.4 Å². The average molecular weight is 226 g/mol. The van der Waals surface area contributed by atoms with Crippen molar-refractivity contribution in [2.75, 3.05) is 14.2 Å². The first-order chi connectivity index (χ1) is 7.58. The number of aromatic nitrogens is 1. The molecule has 0 aliphatic rings. The summed E-state index contributed by atoms with van der Waals surface area (Å²) in [5.74, 6) is -0.142. The largest absolute Gasteiger partial charge is 0.495 e. The first-order valence-corrected chi connectivity index (χ1v) is 4.63. The van der Waals surface area contributed by atoms with Crippen LogP contribution in [0.25, 0.3) is 0 Å². The van der Waals surface area contributed by atoms with Crippen molar-refractivity contribution in [3.8, 4) is 11.6 Å². The number of nitrogens with two attached hydrogens (primary N) is 1. The van der Waals surface area contributed by atoms with Gasteiger partial charge in [0.05, 0.1) is 26.8 Å². The Labute approximate surface area is 93.0 Å². The Morgan fingerprint density at radius 3 is 2.75 bits per heavy atom. The van der Waals surface area contributed by atoms with E-state index in [4.69, 9.17) is 20.3 Å². The molecule has 1 aromatic rings. The molecule has 0 spiro atoms. The zero-order valence-electron chi connectivity index (χ0n) is 9.14. The maximum Gasteiger partial charge on any atom is 0.305 e. The van der Waals surface area contributed by atoms with Gasteiger partial charge >= 0.3 is 5.97 Å². The third-order valence-electron chi connectivity index (χ3n) is 2.10. The van der Waals surface area contributed by atoms with Crippen molar-refractivity contribution in [1.29, 1.82) is 0 Å². The van der Waals surface area contributed by atoms with E-state index in [1.807, 2.05) is 0 Å². The summed E-state index contributed by atoms with van der Waals surface area (Å²) < 4.78 is 10.00. The molecule has 0 amide bonds. The molecule has 1 aromatic heterocycles. The van der Waals surface area contributed by atoms with E-state index >= 15 is 0 Å². The average Bonchev–Trinajstić information content (AvgIpc) is 2.27. The SMILES string of the molecule is COc1cc(C(N)CC(=O)O)c(OC)cn1. The Hall–Kier alpha value is -1.82. The van der Waals surface area contributed by atoms with Gasteiger partial charge in [0.25, 0.3) is 0 Å². The molecule has 16 heavy (non-hydrogen) atoms. The van der Waals surface area contributed by atoms with Crippen LogP contribution in [0.15, 0.2) is 12.3 Å². The van der Waals surface area contributed by atoms with Gasteiger partial charge in [0.15, 0.2) is 0 Å². The minimum absolute atomic E-state index is 0.177. The monoisotopic (exact) mass is 226 g/mol. The van der Waals surface area contributed by atoms with Crippen molar-refractivity contribution in [1.82, 2.24) is 4.98 Å². The standard InChI is InChI=1S/C10H14N2O4/c1-15-8-5-12-9(16-2)3-6(8)7(11)4-10(13)14/h3,5,7H,4,11H2,1-2H3,(H,13,14). The predicted octanol–water partition coefficient (Wildman–Crippen LogP) is 0.573. The third-order valence-corrected chi connectivity index (χ3v) is 2.10. The van der Waals surface area contributed by atoms with Crippen LogP contribution in [0.5, 0.6) is 11.6 Å². The van der Waals surface area contributed by atoms with Gasteiger partial charge in [-0.1, -0.05) is 0 Å². The third kappa shape index (κ3) is 2.83. The molecule has 0 saturated heterocycles. The number of hydrogen-bond donors (Lipinski definition) is 2. The summed E-state index contributed by atoms with van der Waals surface area (Å²) in [6, 6.07) is 0.927. The van der Waals surface area contributed by atoms with Crippen LogP contribution in [-0.2, 0) is 4.79 Å². The van der Waals surface area contributed by atoms with Crippen LogP contribution >= 0.6 is 0 Å². The molecule has 3 N–H and O–H groups in total. The highest BCUT2D eigenvalue weighted by atomic mass is 16.5. The Morgan fingerprint density at radius 2 is 2.25 bits per heavy atom. The van der Waals surface area contributed by atoms with Crippen molar-refractivity contribution < 1.29 is 19.4 Å².